The van der Waals surface area contributed by atoms with Gasteiger partial charge in [0, 0.05) is 56.3 Å². The summed E-state index contributed by atoms with van der Waals surface area (Å²) in [5.41, 5.74) is 3.06. The van der Waals surface area contributed by atoms with Crippen LogP contribution in [0.15, 0.2) is 78.9 Å². The predicted molar refractivity (Wildman–Crippen MR) is 187 cm³/mol. The van der Waals surface area contributed by atoms with Crippen molar-refractivity contribution in [3.63, 3.8) is 0 Å². The molecule has 1 saturated heterocycles. The molecule has 0 unspecified atom stereocenters. The average Bonchev–Trinajstić information content (AvgIpc) is 3.09. The van der Waals surface area contributed by atoms with E-state index in [1.165, 1.54) is 7.11 Å². The standard InChI is InChI=1S/C38H44N4O5/c1-27-16-19-33(35(25-27)47-24-9-5-6-15-36(43)42-22-20-40(2)21-23-42)41(3)38(45)29-17-18-31(34(26-29)46-4)37(44)39-32-14-10-12-28-11-7-8-13-30(28)32/h7-8,10-14,16-19,25-26H,5-6,9,15,20-24H2,1-4H3,(H,39,44). The molecule has 47 heavy (non-hydrogen) atoms. The highest BCUT2D eigenvalue weighted by Crippen LogP contribution is 2.32. The lowest BCUT2D eigenvalue weighted by atomic mass is 10.1. The average molecular weight is 637 g/mol. The molecule has 0 atom stereocenters. The number of benzene rings is 4. The Balaban J connectivity index is 1.19. The molecule has 1 N–H and O–H groups in total. The molecule has 246 valence electrons. The van der Waals surface area contributed by atoms with Crippen molar-refractivity contribution in [2.24, 2.45) is 0 Å². The molecule has 1 aliphatic rings. The van der Waals surface area contributed by atoms with Gasteiger partial charge in [-0.1, -0.05) is 42.5 Å². The highest BCUT2D eigenvalue weighted by atomic mass is 16.5. The van der Waals surface area contributed by atoms with Gasteiger partial charge in [-0.25, -0.2) is 0 Å². The van der Waals surface area contributed by atoms with Crippen LogP contribution in [-0.4, -0.2) is 81.5 Å². The number of carbonyl (C=O) groups excluding carboxylic acids is 3. The first-order valence-electron chi connectivity index (χ1n) is 16.2. The van der Waals surface area contributed by atoms with Crippen molar-refractivity contribution in [3.8, 4) is 11.5 Å². The number of ether oxygens (including phenoxy) is 2. The molecule has 4 aromatic carbocycles. The van der Waals surface area contributed by atoms with Crippen molar-refractivity contribution < 1.29 is 23.9 Å². The van der Waals surface area contributed by atoms with Crippen LogP contribution in [0.1, 0.15) is 52.0 Å². The quantitative estimate of drug-likeness (QED) is 0.181. The summed E-state index contributed by atoms with van der Waals surface area (Å²) >= 11 is 0. The highest BCUT2D eigenvalue weighted by molar-refractivity contribution is 6.12. The molecule has 1 fully saturated rings. The van der Waals surface area contributed by atoms with Crippen LogP contribution in [0.4, 0.5) is 11.4 Å². The first kappa shape index (κ1) is 33.5. The van der Waals surface area contributed by atoms with Gasteiger partial charge in [-0.15, -0.1) is 0 Å². The van der Waals surface area contributed by atoms with Gasteiger partial charge in [-0.05, 0) is 80.6 Å². The summed E-state index contributed by atoms with van der Waals surface area (Å²) in [6, 6.07) is 24.2. The minimum absolute atomic E-state index is 0.232. The van der Waals surface area contributed by atoms with Gasteiger partial charge in [-0.3, -0.25) is 14.4 Å². The Hall–Kier alpha value is -4.89. The summed E-state index contributed by atoms with van der Waals surface area (Å²) in [7, 11) is 5.27. The summed E-state index contributed by atoms with van der Waals surface area (Å²) in [5.74, 6) is 0.556. The van der Waals surface area contributed by atoms with Gasteiger partial charge in [0.2, 0.25) is 5.91 Å². The number of carbonyl (C=O) groups is 3. The minimum atomic E-state index is -0.330. The zero-order valence-electron chi connectivity index (χ0n) is 27.8. The Labute approximate surface area is 277 Å². The second kappa shape index (κ2) is 15.6. The summed E-state index contributed by atoms with van der Waals surface area (Å²) in [4.78, 5) is 45.3. The Kier molecular flexibility index (Phi) is 11.1. The lowest BCUT2D eigenvalue weighted by Crippen LogP contribution is -2.47. The molecule has 0 radical (unpaired) electrons. The highest BCUT2D eigenvalue weighted by Gasteiger charge is 2.22. The molecule has 0 aliphatic carbocycles. The number of piperazine rings is 1. The van der Waals surface area contributed by atoms with Crippen LogP contribution in [-0.2, 0) is 4.79 Å². The van der Waals surface area contributed by atoms with Gasteiger partial charge in [0.15, 0.2) is 0 Å². The Morgan fingerprint density at radius 3 is 2.40 bits per heavy atom. The summed E-state index contributed by atoms with van der Waals surface area (Å²) in [6.45, 7) is 5.93. The van der Waals surface area contributed by atoms with Crippen molar-refractivity contribution >= 4 is 39.9 Å². The maximum atomic E-state index is 13.7. The van der Waals surface area contributed by atoms with Gasteiger partial charge in [0.25, 0.3) is 11.8 Å². The van der Waals surface area contributed by atoms with E-state index < -0.39 is 0 Å². The van der Waals surface area contributed by atoms with E-state index >= 15 is 0 Å². The van der Waals surface area contributed by atoms with Crippen molar-refractivity contribution in [3.05, 3.63) is 95.6 Å². The lowest BCUT2D eigenvalue weighted by Gasteiger charge is -2.32. The van der Waals surface area contributed by atoms with E-state index in [9.17, 15) is 14.4 Å². The number of nitrogens with one attached hydrogen (secondary N) is 1. The molecule has 4 aromatic rings. The van der Waals surface area contributed by atoms with Crippen molar-refractivity contribution in [1.82, 2.24) is 9.80 Å². The maximum absolute atomic E-state index is 13.7. The number of fused-ring (bicyclic) bond motifs is 1. The lowest BCUT2D eigenvalue weighted by molar-refractivity contribution is -0.132. The number of aryl methyl sites for hydroxylation is 1. The number of amides is 3. The summed E-state index contributed by atoms with van der Waals surface area (Å²) < 4.78 is 11.7. The number of hydrogen-bond acceptors (Lipinski definition) is 6. The zero-order chi connectivity index (χ0) is 33.3. The van der Waals surface area contributed by atoms with E-state index in [1.54, 1.807) is 30.1 Å². The van der Waals surface area contributed by atoms with Crippen LogP contribution in [0.3, 0.4) is 0 Å². The third-order valence-corrected chi connectivity index (χ3v) is 8.66. The van der Waals surface area contributed by atoms with Crippen LogP contribution < -0.4 is 19.7 Å². The fourth-order valence-electron chi connectivity index (χ4n) is 5.80. The number of methoxy groups -OCH3 is 1. The third-order valence-electron chi connectivity index (χ3n) is 8.66. The number of nitrogens with zero attached hydrogens (tertiary/aromatic N) is 3. The molecule has 1 heterocycles. The number of likely N-dealkylation sites (N-methyl/N-ethyl adjacent to an activating group) is 1. The molecular formula is C38H44N4O5. The normalized spacial score (nSPS) is 13.3. The van der Waals surface area contributed by atoms with E-state index in [0.29, 0.717) is 47.0 Å². The first-order valence-corrected chi connectivity index (χ1v) is 16.2. The molecule has 5 rings (SSSR count). The number of hydrogen-bond donors (Lipinski definition) is 1. The van der Waals surface area contributed by atoms with Crippen molar-refractivity contribution in [1.29, 1.82) is 0 Å². The molecule has 0 saturated carbocycles. The van der Waals surface area contributed by atoms with Gasteiger partial charge in [0.1, 0.15) is 11.5 Å². The van der Waals surface area contributed by atoms with Crippen LogP contribution in [0.2, 0.25) is 0 Å². The topological polar surface area (TPSA) is 91.4 Å². The van der Waals surface area contributed by atoms with Crippen LogP contribution in [0, 0.1) is 6.92 Å². The van der Waals surface area contributed by atoms with E-state index in [1.807, 2.05) is 72.5 Å². The van der Waals surface area contributed by atoms with Crippen LogP contribution in [0.5, 0.6) is 11.5 Å². The molecule has 9 heteroatoms. The monoisotopic (exact) mass is 636 g/mol. The fraction of sp³-hybridized carbons (Fsp3) is 0.342. The van der Waals surface area contributed by atoms with E-state index in [-0.39, 0.29) is 17.7 Å². The largest absolute Gasteiger partial charge is 0.496 e. The van der Waals surface area contributed by atoms with Crippen LogP contribution in [0.25, 0.3) is 10.8 Å². The Bertz CT molecular complexity index is 1730. The number of rotatable bonds is 12. The van der Waals surface area contributed by atoms with Gasteiger partial charge < -0.3 is 29.5 Å². The van der Waals surface area contributed by atoms with Gasteiger partial charge >= 0.3 is 0 Å². The van der Waals surface area contributed by atoms with E-state index in [0.717, 1.165) is 61.8 Å². The SMILES string of the molecule is COc1cc(C(=O)N(C)c2ccc(C)cc2OCCCCCC(=O)N2CCN(C)CC2)ccc1C(=O)Nc1cccc2ccccc12. The van der Waals surface area contributed by atoms with Crippen molar-refractivity contribution in [2.45, 2.75) is 32.6 Å². The van der Waals surface area contributed by atoms with Crippen molar-refractivity contribution in [2.75, 3.05) is 64.2 Å². The molecular weight excluding hydrogens is 592 g/mol. The zero-order valence-corrected chi connectivity index (χ0v) is 27.8. The molecule has 9 nitrogen and oxygen atoms in total. The molecule has 0 bridgehead atoms. The minimum Gasteiger partial charge on any atom is -0.496 e. The second-order valence-corrected chi connectivity index (χ2v) is 12.1. The van der Waals surface area contributed by atoms with Gasteiger partial charge in [0.05, 0.1) is 25.0 Å². The smallest absolute Gasteiger partial charge is 0.259 e. The van der Waals surface area contributed by atoms with Crippen LogP contribution >= 0.6 is 0 Å². The second-order valence-electron chi connectivity index (χ2n) is 12.1. The predicted octanol–water partition coefficient (Wildman–Crippen LogP) is 6.40. The van der Waals surface area contributed by atoms with E-state index in [4.69, 9.17) is 9.47 Å². The molecule has 0 spiro atoms. The number of anilines is 2. The first-order chi connectivity index (χ1) is 22.7. The van der Waals surface area contributed by atoms with E-state index in [2.05, 4.69) is 17.3 Å². The Morgan fingerprint density at radius 1 is 0.851 bits per heavy atom. The third kappa shape index (κ3) is 8.29. The molecule has 3 amide bonds. The Morgan fingerprint density at radius 2 is 1.62 bits per heavy atom. The molecule has 0 aromatic heterocycles. The number of unbranched alkanes of at least 4 members (excludes halogenated alkanes) is 2. The maximum Gasteiger partial charge on any atom is 0.259 e. The van der Waals surface area contributed by atoms with Gasteiger partial charge in [-0.2, -0.15) is 0 Å². The molecule has 1 aliphatic heterocycles. The summed E-state index contributed by atoms with van der Waals surface area (Å²) in [5, 5.41) is 4.94. The summed E-state index contributed by atoms with van der Waals surface area (Å²) in [6.07, 6.45) is 3.07. The fourth-order valence-corrected chi connectivity index (χ4v) is 5.80.